The lowest BCUT2D eigenvalue weighted by molar-refractivity contribution is -0.135. The van der Waals surface area contributed by atoms with Crippen molar-refractivity contribution in [1.82, 2.24) is 19.4 Å². The molecule has 1 fully saturated rings. The Bertz CT molecular complexity index is 1160. The van der Waals surface area contributed by atoms with E-state index in [0.717, 1.165) is 17.0 Å². The van der Waals surface area contributed by atoms with E-state index in [2.05, 4.69) is 9.97 Å². The summed E-state index contributed by atoms with van der Waals surface area (Å²) in [5, 5.41) is 11.8. The first-order valence-electron chi connectivity index (χ1n) is 10.1. The third-order valence-corrected chi connectivity index (χ3v) is 6.42. The normalized spacial score (nSPS) is 15.1. The van der Waals surface area contributed by atoms with Gasteiger partial charge in [0.2, 0.25) is 5.91 Å². The molecule has 0 aliphatic carbocycles. The zero-order chi connectivity index (χ0) is 23.1. The molecule has 1 aromatic carbocycles. The Labute approximate surface area is 192 Å². The number of aliphatic hydroxyl groups is 1. The van der Waals surface area contributed by atoms with Gasteiger partial charge in [-0.25, -0.2) is 9.97 Å². The van der Waals surface area contributed by atoms with E-state index in [4.69, 9.17) is 8.42 Å². The minimum Gasteiger partial charge on any atom is -0.388 e. The molecule has 1 aliphatic rings. The van der Waals surface area contributed by atoms with Crippen molar-refractivity contribution in [3.8, 4) is 0 Å². The lowest BCUT2D eigenvalue weighted by Crippen LogP contribution is -2.49. The number of thiazole rings is 1. The smallest absolute Gasteiger partial charge is 0.335 e. The predicted octanol–water partition coefficient (Wildman–Crippen LogP) is 1.48. The van der Waals surface area contributed by atoms with E-state index in [1.54, 1.807) is 0 Å². The van der Waals surface area contributed by atoms with Crippen molar-refractivity contribution < 1.29 is 18.3 Å². The first-order valence-corrected chi connectivity index (χ1v) is 11.6. The topological polar surface area (TPSA) is 122 Å². The van der Waals surface area contributed by atoms with Crippen LogP contribution in [-0.4, -0.2) is 57.6 Å². The number of aromatic nitrogens is 3. The minimum absolute atomic E-state index is 0.108. The lowest BCUT2D eigenvalue weighted by Gasteiger charge is -2.38. The second kappa shape index (κ2) is 10.7. The standard InChI is InChI=1S/C21H24N4O3S.O2S/c1-15-23-19-18(29-15)20(27)25(14-22-19)13-21(28)9-11-24(12-10-21)17(26)8-7-16-5-3-2-4-6-16;1-3-2/h2-6,14,28H,7-13H2,1H3;. The van der Waals surface area contributed by atoms with Crippen LogP contribution < -0.4 is 5.56 Å². The molecule has 1 aliphatic heterocycles. The van der Waals surface area contributed by atoms with Crippen LogP contribution in [0.5, 0.6) is 0 Å². The fourth-order valence-electron chi connectivity index (χ4n) is 3.76. The van der Waals surface area contributed by atoms with E-state index in [0.29, 0.717) is 42.7 Å². The van der Waals surface area contributed by atoms with Gasteiger partial charge in [0, 0.05) is 19.5 Å². The molecule has 3 aromatic rings. The molecule has 2 aromatic heterocycles. The summed E-state index contributed by atoms with van der Waals surface area (Å²) < 4.78 is 18.6. The van der Waals surface area contributed by atoms with Crippen LogP contribution in [0.3, 0.4) is 0 Å². The quantitative estimate of drug-likeness (QED) is 0.592. The van der Waals surface area contributed by atoms with Gasteiger partial charge in [0.05, 0.1) is 17.2 Å². The highest BCUT2D eigenvalue weighted by molar-refractivity contribution is 7.51. The molecule has 1 N–H and O–H groups in total. The van der Waals surface area contributed by atoms with E-state index in [1.165, 1.54) is 22.2 Å². The van der Waals surface area contributed by atoms with Crippen LogP contribution in [0.25, 0.3) is 10.3 Å². The van der Waals surface area contributed by atoms with Crippen molar-refractivity contribution in [2.24, 2.45) is 0 Å². The number of nitrogens with zero attached hydrogens (tertiary/aromatic N) is 4. The van der Waals surface area contributed by atoms with Gasteiger partial charge in [-0.15, -0.1) is 11.3 Å². The van der Waals surface area contributed by atoms with Crippen molar-refractivity contribution >= 4 is 39.2 Å². The molecular weight excluding hydrogens is 452 g/mol. The summed E-state index contributed by atoms with van der Waals surface area (Å²) in [6.45, 7) is 3.01. The van der Waals surface area contributed by atoms with Gasteiger partial charge in [0.25, 0.3) is 5.56 Å². The van der Waals surface area contributed by atoms with Crippen molar-refractivity contribution in [2.45, 2.75) is 44.8 Å². The average molecular weight is 477 g/mol. The highest BCUT2D eigenvalue weighted by atomic mass is 32.1. The number of fused-ring (bicyclic) bond motifs is 1. The molecule has 0 radical (unpaired) electrons. The molecule has 0 saturated carbocycles. The highest BCUT2D eigenvalue weighted by Gasteiger charge is 2.34. The number of hydrogen-bond acceptors (Lipinski definition) is 8. The number of carbonyl (C=O) groups is 1. The van der Waals surface area contributed by atoms with Gasteiger partial charge in [-0.05, 0) is 31.7 Å². The Morgan fingerprint density at radius 1 is 1.22 bits per heavy atom. The number of aryl methyl sites for hydroxylation is 2. The second-order valence-corrected chi connectivity index (χ2v) is 9.06. The van der Waals surface area contributed by atoms with Crippen LogP contribution >= 0.6 is 11.3 Å². The van der Waals surface area contributed by atoms with Gasteiger partial charge < -0.3 is 10.0 Å². The predicted molar refractivity (Wildman–Crippen MR) is 121 cm³/mol. The number of piperidine rings is 1. The molecule has 32 heavy (non-hydrogen) atoms. The van der Waals surface area contributed by atoms with Crippen molar-refractivity contribution in [1.29, 1.82) is 0 Å². The molecule has 1 amide bonds. The maximum atomic E-state index is 12.7. The first kappa shape index (κ1) is 23.9. The molecule has 3 heterocycles. The number of likely N-dealkylation sites (tertiary alicyclic amines) is 1. The zero-order valence-corrected chi connectivity index (χ0v) is 19.2. The summed E-state index contributed by atoms with van der Waals surface area (Å²) >= 11 is 0.570. The van der Waals surface area contributed by atoms with Crippen LogP contribution in [0, 0.1) is 6.92 Å². The van der Waals surface area contributed by atoms with Gasteiger partial charge in [-0.1, -0.05) is 30.3 Å². The van der Waals surface area contributed by atoms with Crippen LogP contribution in [-0.2, 0) is 29.3 Å². The Hall–Kier alpha value is -2.76. The van der Waals surface area contributed by atoms with E-state index >= 15 is 0 Å². The summed E-state index contributed by atoms with van der Waals surface area (Å²) in [4.78, 5) is 35.5. The Morgan fingerprint density at radius 2 is 1.88 bits per heavy atom. The average Bonchev–Trinajstić information content (AvgIpc) is 3.17. The van der Waals surface area contributed by atoms with Crippen LogP contribution in [0.2, 0.25) is 0 Å². The van der Waals surface area contributed by atoms with E-state index in [9.17, 15) is 14.7 Å². The molecule has 170 valence electrons. The van der Waals surface area contributed by atoms with Gasteiger partial charge in [-0.2, -0.15) is 8.42 Å². The minimum atomic E-state index is -1.02. The molecule has 9 nitrogen and oxygen atoms in total. The monoisotopic (exact) mass is 476 g/mol. The summed E-state index contributed by atoms with van der Waals surface area (Å²) in [5.41, 5.74) is 0.416. The van der Waals surface area contributed by atoms with Gasteiger partial charge in [0.15, 0.2) is 5.65 Å². The number of rotatable bonds is 5. The maximum absolute atomic E-state index is 12.7. The zero-order valence-electron chi connectivity index (χ0n) is 17.6. The lowest BCUT2D eigenvalue weighted by atomic mass is 9.91. The Balaban J connectivity index is 0.000000913. The van der Waals surface area contributed by atoms with Gasteiger partial charge in [-0.3, -0.25) is 14.2 Å². The molecule has 0 unspecified atom stereocenters. The number of benzene rings is 1. The van der Waals surface area contributed by atoms with E-state index in [1.807, 2.05) is 42.2 Å². The highest BCUT2D eigenvalue weighted by Crippen LogP contribution is 2.25. The van der Waals surface area contributed by atoms with Crippen LogP contribution in [0.1, 0.15) is 29.8 Å². The van der Waals surface area contributed by atoms with Crippen molar-refractivity contribution in [3.05, 3.63) is 57.6 Å². The molecule has 1 saturated heterocycles. The van der Waals surface area contributed by atoms with Gasteiger partial charge in [0.1, 0.15) is 11.0 Å². The largest absolute Gasteiger partial charge is 0.388 e. The Kier molecular flexibility index (Phi) is 7.99. The fraction of sp³-hybridized carbons (Fsp3) is 0.429. The van der Waals surface area contributed by atoms with Crippen molar-refractivity contribution in [3.63, 3.8) is 0 Å². The fourth-order valence-corrected chi connectivity index (χ4v) is 4.59. The van der Waals surface area contributed by atoms with Gasteiger partial charge >= 0.3 is 11.6 Å². The molecule has 11 heteroatoms. The van der Waals surface area contributed by atoms with Crippen molar-refractivity contribution in [2.75, 3.05) is 13.1 Å². The number of amides is 1. The molecule has 0 spiro atoms. The maximum Gasteiger partial charge on any atom is 0.335 e. The van der Waals surface area contributed by atoms with E-state index < -0.39 is 17.2 Å². The van der Waals surface area contributed by atoms with Crippen LogP contribution in [0.4, 0.5) is 0 Å². The second-order valence-electron chi connectivity index (χ2n) is 7.72. The first-order chi connectivity index (χ1) is 15.3. The summed E-state index contributed by atoms with van der Waals surface area (Å²) in [5.74, 6) is 0.108. The third-order valence-electron chi connectivity index (χ3n) is 5.47. The number of carbonyl (C=O) groups excluding carboxylic acids is 1. The molecule has 0 bridgehead atoms. The molecule has 0 atom stereocenters. The molecule has 4 rings (SSSR count). The summed E-state index contributed by atoms with van der Waals surface area (Å²) in [6, 6.07) is 9.96. The van der Waals surface area contributed by atoms with Crippen LogP contribution in [0.15, 0.2) is 41.5 Å². The summed E-state index contributed by atoms with van der Waals surface area (Å²) in [6.07, 6.45) is 3.52. The Morgan fingerprint density at radius 3 is 2.53 bits per heavy atom. The summed E-state index contributed by atoms with van der Waals surface area (Å²) in [7, 11) is 0. The SMILES string of the molecule is Cc1nc2ncn(CC3(O)CCN(C(=O)CCc4ccccc4)CC3)c(=O)c2s1.O=S=O. The number of hydrogen-bond donors (Lipinski definition) is 1. The third kappa shape index (κ3) is 5.93. The van der Waals surface area contributed by atoms with E-state index in [-0.39, 0.29) is 18.0 Å². The molecular formula is C21H24N4O5S2.